The van der Waals surface area contributed by atoms with E-state index in [4.69, 9.17) is 4.74 Å². The van der Waals surface area contributed by atoms with Crippen LogP contribution in [0.2, 0.25) is 0 Å². The molecule has 1 aromatic carbocycles. The number of rotatable bonds is 3. The van der Waals surface area contributed by atoms with Crippen LogP contribution in [0.4, 0.5) is 4.39 Å². The molecular weight excluding hydrogens is 323 g/mol. The van der Waals surface area contributed by atoms with E-state index in [1.165, 1.54) is 12.1 Å². The van der Waals surface area contributed by atoms with Gasteiger partial charge in [0.05, 0.1) is 23.6 Å². The van der Waals surface area contributed by atoms with E-state index >= 15 is 0 Å². The molecule has 1 unspecified atom stereocenters. The van der Waals surface area contributed by atoms with Crippen molar-refractivity contribution in [3.8, 4) is 0 Å². The van der Waals surface area contributed by atoms with Crippen LogP contribution in [0.3, 0.4) is 0 Å². The first kappa shape index (κ1) is 17.3. The molecule has 0 radical (unpaired) electrons. The zero-order valence-corrected chi connectivity index (χ0v) is 14.4. The fraction of sp³-hybridized carbons (Fsp3) is 0.421. The number of fused-ring (bicyclic) bond motifs is 1. The number of hydrogen-bond donors (Lipinski definition) is 0. The maximum absolute atomic E-state index is 13.7. The molecule has 1 aliphatic heterocycles. The number of ether oxygens (including phenoxy) is 1. The Balaban J connectivity index is 1.91. The molecule has 132 valence electrons. The van der Waals surface area contributed by atoms with E-state index in [1.807, 2.05) is 0 Å². The van der Waals surface area contributed by atoms with Crippen LogP contribution in [0.1, 0.15) is 35.8 Å². The van der Waals surface area contributed by atoms with Crippen molar-refractivity contribution in [3.63, 3.8) is 0 Å². The molecule has 3 rings (SSSR count). The van der Waals surface area contributed by atoms with Gasteiger partial charge in [-0.15, -0.1) is 0 Å². The highest BCUT2D eigenvalue weighted by Crippen LogP contribution is 2.24. The summed E-state index contributed by atoms with van der Waals surface area (Å²) in [7, 11) is 0. The number of aryl methyl sites for hydroxylation is 1. The minimum Gasteiger partial charge on any atom is -0.466 e. The summed E-state index contributed by atoms with van der Waals surface area (Å²) in [5, 5.41) is 0.494. The lowest BCUT2D eigenvalue weighted by Crippen LogP contribution is -2.43. The van der Waals surface area contributed by atoms with E-state index in [-0.39, 0.29) is 17.8 Å². The average molecular weight is 344 g/mol. The number of halogens is 1. The molecule has 25 heavy (non-hydrogen) atoms. The van der Waals surface area contributed by atoms with Crippen molar-refractivity contribution in [3.05, 3.63) is 41.3 Å². The summed E-state index contributed by atoms with van der Waals surface area (Å²) >= 11 is 0. The fourth-order valence-electron chi connectivity index (χ4n) is 3.29. The number of piperidine rings is 1. The molecule has 1 amide bonds. The van der Waals surface area contributed by atoms with E-state index in [9.17, 15) is 14.0 Å². The zero-order valence-electron chi connectivity index (χ0n) is 14.4. The Labute approximate surface area is 145 Å². The maximum Gasteiger partial charge on any atom is 0.310 e. The standard InChI is InChI=1S/C19H21FN2O3/c1-3-25-19(24)13-5-4-8-22(11-13)18(23)16-9-12(2)21-17-7-6-14(20)10-15(16)17/h6-7,9-10,13H,3-5,8,11H2,1-2H3. The van der Waals surface area contributed by atoms with Crippen LogP contribution < -0.4 is 0 Å². The van der Waals surface area contributed by atoms with Crippen molar-refractivity contribution in [2.45, 2.75) is 26.7 Å². The number of pyridine rings is 1. The van der Waals surface area contributed by atoms with Crippen molar-refractivity contribution >= 4 is 22.8 Å². The van der Waals surface area contributed by atoms with Crippen LogP contribution in [-0.2, 0) is 9.53 Å². The molecule has 2 heterocycles. The summed E-state index contributed by atoms with van der Waals surface area (Å²) in [4.78, 5) is 31.0. The summed E-state index contributed by atoms with van der Waals surface area (Å²) in [6.07, 6.45) is 1.46. The number of carbonyl (C=O) groups is 2. The number of benzene rings is 1. The van der Waals surface area contributed by atoms with Crippen molar-refractivity contribution in [2.24, 2.45) is 5.92 Å². The van der Waals surface area contributed by atoms with Crippen LogP contribution in [0.5, 0.6) is 0 Å². The van der Waals surface area contributed by atoms with E-state index in [0.717, 1.165) is 6.42 Å². The highest BCUT2D eigenvalue weighted by molar-refractivity contribution is 6.06. The first-order valence-electron chi connectivity index (χ1n) is 8.52. The Bertz CT molecular complexity index is 822. The van der Waals surface area contributed by atoms with Crippen LogP contribution in [0.25, 0.3) is 10.9 Å². The van der Waals surface area contributed by atoms with Crippen LogP contribution in [0.15, 0.2) is 24.3 Å². The quantitative estimate of drug-likeness (QED) is 0.803. The molecule has 1 fully saturated rings. The monoisotopic (exact) mass is 344 g/mol. The number of hydrogen-bond acceptors (Lipinski definition) is 4. The molecule has 5 nitrogen and oxygen atoms in total. The highest BCUT2D eigenvalue weighted by Gasteiger charge is 2.30. The van der Waals surface area contributed by atoms with Crippen molar-refractivity contribution in [1.82, 2.24) is 9.88 Å². The summed E-state index contributed by atoms with van der Waals surface area (Å²) in [6, 6.07) is 5.92. The molecule has 1 aliphatic rings. The van der Waals surface area contributed by atoms with Crippen LogP contribution in [-0.4, -0.2) is 41.5 Å². The summed E-state index contributed by atoms with van der Waals surface area (Å²) in [6.45, 7) is 4.81. The van der Waals surface area contributed by atoms with E-state index < -0.39 is 5.82 Å². The number of esters is 1. The van der Waals surface area contributed by atoms with E-state index in [0.29, 0.717) is 48.3 Å². The highest BCUT2D eigenvalue weighted by atomic mass is 19.1. The van der Waals surface area contributed by atoms with Crippen LogP contribution in [0, 0.1) is 18.7 Å². The van der Waals surface area contributed by atoms with Crippen molar-refractivity contribution in [2.75, 3.05) is 19.7 Å². The number of carbonyl (C=O) groups excluding carboxylic acids is 2. The van der Waals surface area contributed by atoms with Gasteiger partial charge >= 0.3 is 5.97 Å². The third-order valence-electron chi connectivity index (χ3n) is 4.46. The Morgan fingerprint density at radius 3 is 2.92 bits per heavy atom. The summed E-state index contributed by atoms with van der Waals surface area (Å²) in [5.74, 6) is -1.17. The molecule has 0 spiro atoms. The lowest BCUT2D eigenvalue weighted by molar-refractivity contribution is -0.149. The maximum atomic E-state index is 13.7. The topological polar surface area (TPSA) is 59.5 Å². The lowest BCUT2D eigenvalue weighted by atomic mass is 9.97. The van der Waals surface area contributed by atoms with Crippen LogP contribution >= 0.6 is 0 Å². The van der Waals surface area contributed by atoms with Crippen molar-refractivity contribution < 1.29 is 18.7 Å². The smallest absolute Gasteiger partial charge is 0.310 e. The molecule has 2 aromatic rings. The Hall–Kier alpha value is -2.50. The molecule has 0 aliphatic carbocycles. The molecule has 0 saturated carbocycles. The second-order valence-electron chi connectivity index (χ2n) is 6.32. The second kappa shape index (κ2) is 7.17. The largest absolute Gasteiger partial charge is 0.466 e. The van der Waals surface area contributed by atoms with E-state index in [1.54, 1.807) is 30.9 Å². The van der Waals surface area contributed by atoms with Gasteiger partial charge in [-0.3, -0.25) is 14.6 Å². The van der Waals surface area contributed by atoms with Gasteiger partial charge in [-0.2, -0.15) is 0 Å². The lowest BCUT2D eigenvalue weighted by Gasteiger charge is -2.31. The Kier molecular flexibility index (Phi) is 4.97. The van der Waals surface area contributed by atoms with Gasteiger partial charge in [0.2, 0.25) is 0 Å². The minimum atomic E-state index is -0.407. The SMILES string of the molecule is CCOC(=O)C1CCCN(C(=O)c2cc(C)nc3ccc(F)cc23)C1. The number of amides is 1. The molecule has 0 bridgehead atoms. The third-order valence-corrected chi connectivity index (χ3v) is 4.46. The molecule has 0 N–H and O–H groups in total. The predicted molar refractivity (Wildman–Crippen MR) is 91.7 cm³/mol. The molecule has 1 atom stereocenters. The number of likely N-dealkylation sites (tertiary alicyclic amines) is 1. The molecule has 1 saturated heterocycles. The first-order valence-corrected chi connectivity index (χ1v) is 8.52. The average Bonchev–Trinajstić information content (AvgIpc) is 2.61. The first-order chi connectivity index (χ1) is 12.0. The van der Waals surface area contributed by atoms with Gasteiger partial charge in [0.25, 0.3) is 5.91 Å². The number of nitrogens with zero attached hydrogens (tertiary/aromatic N) is 2. The van der Waals surface area contributed by atoms with Gasteiger partial charge < -0.3 is 9.64 Å². The summed E-state index contributed by atoms with van der Waals surface area (Å²) < 4.78 is 18.7. The normalized spacial score (nSPS) is 17.6. The minimum absolute atomic E-state index is 0.199. The zero-order chi connectivity index (χ0) is 18.0. The van der Waals surface area contributed by atoms with E-state index in [2.05, 4.69) is 4.98 Å². The molecule has 1 aromatic heterocycles. The Morgan fingerprint density at radius 1 is 1.36 bits per heavy atom. The van der Waals surface area contributed by atoms with Gasteiger partial charge in [0.15, 0.2) is 0 Å². The van der Waals surface area contributed by atoms with Gasteiger partial charge in [0, 0.05) is 24.2 Å². The molecular formula is C19H21FN2O3. The van der Waals surface area contributed by atoms with Crippen molar-refractivity contribution in [1.29, 1.82) is 0 Å². The predicted octanol–water partition coefficient (Wildman–Crippen LogP) is 3.10. The number of aromatic nitrogens is 1. The molecule has 6 heteroatoms. The van der Waals surface area contributed by atoms with Gasteiger partial charge in [-0.05, 0) is 51.0 Å². The second-order valence-corrected chi connectivity index (χ2v) is 6.32. The van der Waals surface area contributed by atoms with Gasteiger partial charge in [-0.1, -0.05) is 0 Å². The third kappa shape index (κ3) is 3.62. The fourth-order valence-corrected chi connectivity index (χ4v) is 3.29. The van der Waals surface area contributed by atoms with Gasteiger partial charge in [0.1, 0.15) is 5.82 Å². The Morgan fingerprint density at radius 2 is 2.16 bits per heavy atom. The van der Waals surface area contributed by atoms with Gasteiger partial charge in [-0.25, -0.2) is 4.39 Å². The summed E-state index contributed by atoms with van der Waals surface area (Å²) in [5.41, 5.74) is 1.71.